The van der Waals surface area contributed by atoms with Crippen LogP contribution in [0.5, 0.6) is 0 Å². The topological polar surface area (TPSA) is 79.8 Å². The number of rotatable bonds is 8. The van der Waals surface area contributed by atoms with Crippen molar-refractivity contribution in [1.29, 1.82) is 0 Å². The van der Waals surface area contributed by atoms with Crippen molar-refractivity contribution in [2.75, 3.05) is 33.6 Å². The summed E-state index contributed by atoms with van der Waals surface area (Å²) in [7, 11) is 0.414. The van der Waals surface area contributed by atoms with E-state index in [1.165, 1.54) is 6.26 Å². The molecule has 2 N–H and O–H groups in total. The zero-order valence-corrected chi connectivity index (χ0v) is 14.2. The van der Waals surface area contributed by atoms with E-state index in [1.807, 2.05) is 24.3 Å². The van der Waals surface area contributed by atoms with Gasteiger partial charge < -0.3 is 15.4 Å². The van der Waals surface area contributed by atoms with Gasteiger partial charge >= 0.3 is 0 Å². The molecule has 0 saturated carbocycles. The number of aliphatic imine (C=N–C) groups is 1. The summed E-state index contributed by atoms with van der Waals surface area (Å²) in [4.78, 5) is 4.14. The maximum atomic E-state index is 11.2. The Balaban J connectivity index is 2.43. The maximum Gasteiger partial charge on any atom is 0.191 e. The van der Waals surface area contributed by atoms with Gasteiger partial charge in [-0.3, -0.25) is 4.99 Å². The van der Waals surface area contributed by atoms with Crippen molar-refractivity contribution in [2.45, 2.75) is 18.7 Å². The SMILES string of the molecule is CN=C(NCCCOC)NCc1ccc(CS(C)(=O)=O)cc1. The van der Waals surface area contributed by atoms with Crippen LogP contribution in [0.25, 0.3) is 0 Å². The number of benzene rings is 1. The number of nitrogens with zero attached hydrogens (tertiary/aromatic N) is 1. The number of methoxy groups -OCH3 is 1. The lowest BCUT2D eigenvalue weighted by molar-refractivity contribution is 0.195. The van der Waals surface area contributed by atoms with Crippen molar-refractivity contribution < 1.29 is 13.2 Å². The Labute approximate surface area is 132 Å². The van der Waals surface area contributed by atoms with Gasteiger partial charge in [0.25, 0.3) is 0 Å². The Bertz CT molecular complexity index is 568. The van der Waals surface area contributed by atoms with E-state index in [2.05, 4.69) is 15.6 Å². The molecule has 0 aliphatic carbocycles. The van der Waals surface area contributed by atoms with Crippen LogP contribution in [0.1, 0.15) is 17.5 Å². The third kappa shape index (κ3) is 7.99. The average molecular weight is 327 g/mol. The number of nitrogens with one attached hydrogen (secondary N) is 2. The molecule has 0 fully saturated rings. The quantitative estimate of drug-likeness (QED) is 0.422. The smallest absolute Gasteiger partial charge is 0.191 e. The zero-order valence-electron chi connectivity index (χ0n) is 13.4. The van der Waals surface area contributed by atoms with E-state index in [0.29, 0.717) is 13.2 Å². The van der Waals surface area contributed by atoms with Crippen LogP contribution in [-0.2, 0) is 26.9 Å². The Morgan fingerprint density at radius 1 is 1.18 bits per heavy atom. The summed E-state index contributed by atoms with van der Waals surface area (Å²) in [6.07, 6.45) is 2.15. The molecule has 0 bridgehead atoms. The van der Waals surface area contributed by atoms with Crippen LogP contribution in [0.15, 0.2) is 29.3 Å². The van der Waals surface area contributed by atoms with Crippen molar-refractivity contribution in [2.24, 2.45) is 4.99 Å². The lowest BCUT2D eigenvalue weighted by atomic mass is 10.1. The van der Waals surface area contributed by atoms with E-state index in [0.717, 1.165) is 30.1 Å². The van der Waals surface area contributed by atoms with E-state index in [9.17, 15) is 8.42 Å². The number of hydrogen-bond donors (Lipinski definition) is 2. The first-order valence-electron chi connectivity index (χ1n) is 7.13. The second-order valence-corrected chi connectivity index (χ2v) is 7.23. The highest BCUT2D eigenvalue weighted by Gasteiger charge is 2.04. The van der Waals surface area contributed by atoms with E-state index < -0.39 is 9.84 Å². The third-order valence-corrected chi connectivity index (χ3v) is 3.81. The molecule has 1 aromatic rings. The second kappa shape index (κ2) is 9.42. The van der Waals surface area contributed by atoms with Gasteiger partial charge in [0.15, 0.2) is 15.8 Å². The minimum atomic E-state index is -2.99. The fourth-order valence-corrected chi connectivity index (χ4v) is 2.68. The van der Waals surface area contributed by atoms with Crippen LogP contribution in [-0.4, -0.2) is 47.9 Å². The molecular weight excluding hydrogens is 302 g/mol. The summed E-state index contributed by atoms with van der Waals surface area (Å²) in [6, 6.07) is 7.52. The highest BCUT2D eigenvalue weighted by molar-refractivity contribution is 7.89. The van der Waals surface area contributed by atoms with Crippen LogP contribution in [0.3, 0.4) is 0 Å². The van der Waals surface area contributed by atoms with Gasteiger partial charge in [0.1, 0.15) is 0 Å². The molecule has 0 heterocycles. The second-order valence-electron chi connectivity index (χ2n) is 5.09. The van der Waals surface area contributed by atoms with Gasteiger partial charge in [-0.15, -0.1) is 0 Å². The molecule has 1 rings (SSSR count). The fourth-order valence-electron chi connectivity index (χ4n) is 1.89. The van der Waals surface area contributed by atoms with Crippen LogP contribution in [0.2, 0.25) is 0 Å². The van der Waals surface area contributed by atoms with Gasteiger partial charge in [-0.25, -0.2) is 8.42 Å². The molecule has 0 spiro atoms. The fraction of sp³-hybridized carbons (Fsp3) is 0.533. The maximum absolute atomic E-state index is 11.2. The van der Waals surface area contributed by atoms with Crippen molar-refractivity contribution in [3.8, 4) is 0 Å². The molecule has 0 radical (unpaired) electrons. The predicted octanol–water partition coefficient (Wildman–Crippen LogP) is 0.933. The summed E-state index contributed by atoms with van der Waals surface area (Å²) in [5.74, 6) is 0.806. The molecule has 6 nitrogen and oxygen atoms in total. The first-order chi connectivity index (χ1) is 10.4. The third-order valence-electron chi connectivity index (χ3n) is 2.95. The first kappa shape index (κ1) is 18.4. The molecule has 0 aromatic heterocycles. The van der Waals surface area contributed by atoms with Gasteiger partial charge in [-0.2, -0.15) is 0 Å². The van der Waals surface area contributed by atoms with Gasteiger partial charge in [0, 0.05) is 40.1 Å². The monoisotopic (exact) mass is 327 g/mol. The van der Waals surface area contributed by atoms with E-state index in [1.54, 1.807) is 14.2 Å². The summed E-state index contributed by atoms with van der Waals surface area (Å²) in [5.41, 5.74) is 1.87. The molecule has 1 aromatic carbocycles. The summed E-state index contributed by atoms with van der Waals surface area (Å²) < 4.78 is 27.5. The standard InChI is InChI=1S/C15H25N3O3S/c1-16-15(17-9-4-10-21-2)18-11-13-5-7-14(8-6-13)12-22(3,19)20/h5-8H,4,9-12H2,1-3H3,(H2,16,17,18). The van der Waals surface area contributed by atoms with E-state index in [-0.39, 0.29) is 5.75 Å². The minimum absolute atomic E-state index is 0.0728. The Morgan fingerprint density at radius 3 is 2.36 bits per heavy atom. The van der Waals surface area contributed by atoms with Crippen molar-refractivity contribution in [1.82, 2.24) is 10.6 Å². The lowest BCUT2D eigenvalue weighted by Gasteiger charge is -2.12. The number of hydrogen-bond acceptors (Lipinski definition) is 4. The van der Waals surface area contributed by atoms with Crippen LogP contribution < -0.4 is 10.6 Å². The van der Waals surface area contributed by atoms with Gasteiger partial charge in [0.05, 0.1) is 5.75 Å². The largest absolute Gasteiger partial charge is 0.385 e. The molecule has 124 valence electrons. The van der Waals surface area contributed by atoms with Crippen LogP contribution in [0, 0.1) is 0 Å². The Morgan fingerprint density at radius 2 is 1.82 bits per heavy atom. The number of ether oxygens (including phenoxy) is 1. The van der Waals surface area contributed by atoms with Crippen molar-refractivity contribution in [3.63, 3.8) is 0 Å². The molecule has 0 unspecified atom stereocenters. The van der Waals surface area contributed by atoms with Gasteiger partial charge in [-0.1, -0.05) is 24.3 Å². The summed E-state index contributed by atoms with van der Waals surface area (Å²) >= 11 is 0. The Hall–Kier alpha value is -1.60. The summed E-state index contributed by atoms with van der Waals surface area (Å²) in [5, 5.41) is 6.41. The molecule has 0 atom stereocenters. The number of sulfone groups is 1. The molecule has 0 aliphatic rings. The van der Waals surface area contributed by atoms with Crippen molar-refractivity contribution in [3.05, 3.63) is 35.4 Å². The molecule has 0 saturated heterocycles. The molecule has 0 aliphatic heterocycles. The number of guanidine groups is 1. The summed E-state index contributed by atoms with van der Waals surface area (Å²) in [6.45, 7) is 2.13. The highest BCUT2D eigenvalue weighted by atomic mass is 32.2. The van der Waals surface area contributed by atoms with Crippen LogP contribution >= 0.6 is 0 Å². The predicted molar refractivity (Wildman–Crippen MR) is 89.7 cm³/mol. The van der Waals surface area contributed by atoms with E-state index >= 15 is 0 Å². The lowest BCUT2D eigenvalue weighted by Crippen LogP contribution is -2.37. The van der Waals surface area contributed by atoms with Crippen LogP contribution in [0.4, 0.5) is 0 Å². The Kier molecular flexibility index (Phi) is 7.90. The van der Waals surface area contributed by atoms with E-state index in [4.69, 9.17) is 4.74 Å². The molecule has 0 amide bonds. The van der Waals surface area contributed by atoms with Gasteiger partial charge in [0.2, 0.25) is 0 Å². The zero-order chi connectivity index (χ0) is 16.4. The average Bonchev–Trinajstić information content (AvgIpc) is 2.46. The first-order valence-corrected chi connectivity index (χ1v) is 9.19. The normalized spacial score (nSPS) is 12.2. The molecule has 7 heteroatoms. The van der Waals surface area contributed by atoms with Crippen molar-refractivity contribution >= 4 is 15.8 Å². The minimum Gasteiger partial charge on any atom is -0.385 e. The molecule has 22 heavy (non-hydrogen) atoms. The molecular formula is C15H25N3O3S. The highest BCUT2D eigenvalue weighted by Crippen LogP contribution is 2.07. The van der Waals surface area contributed by atoms with Gasteiger partial charge in [-0.05, 0) is 17.5 Å².